The van der Waals surface area contributed by atoms with Gasteiger partial charge in [0.15, 0.2) is 0 Å². The molecular formula is C14H23N3O2. The Balaban J connectivity index is 2.28. The van der Waals surface area contributed by atoms with Crippen molar-refractivity contribution in [3.8, 4) is 0 Å². The topological polar surface area (TPSA) is 58.4 Å². The maximum absolute atomic E-state index is 12.5. The molecule has 1 atom stereocenters. The summed E-state index contributed by atoms with van der Waals surface area (Å²) in [5.74, 6) is -0.00968. The van der Waals surface area contributed by atoms with Crippen LogP contribution in [0.2, 0.25) is 0 Å². The minimum atomic E-state index is -0.135. The van der Waals surface area contributed by atoms with E-state index in [9.17, 15) is 9.90 Å². The Morgan fingerprint density at radius 2 is 2.21 bits per heavy atom. The van der Waals surface area contributed by atoms with Crippen LogP contribution in [0.4, 0.5) is 0 Å². The van der Waals surface area contributed by atoms with E-state index in [0.717, 1.165) is 25.1 Å². The Hall–Kier alpha value is -1.36. The summed E-state index contributed by atoms with van der Waals surface area (Å²) in [5, 5.41) is 13.7. The van der Waals surface area contributed by atoms with E-state index in [1.807, 2.05) is 11.6 Å². The largest absolute Gasteiger partial charge is 0.394 e. The van der Waals surface area contributed by atoms with E-state index in [2.05, 4.69) is 25.9 Å². The van der Waals surface area contributed by atoms with Crippen LogP contribution in [0.1, 0.15) is 49.7 Å². The predicted octanol–water partition coefficient (Wildman–Crippen LogP) is 1.54. The second kappa shape index (κ2) is 4.96. The van der Waals surface area contributed by atoms with Gasteiger partial charge in [-0.05, 0) is 40.5 Å². The number of rotatable bonds is 2. The molecule has 0 unspecified atom stereocenters. The summed E-state index contributed by atoms with van der Waals surface area (Å²) < 4.78 is 1.88. The summed E-state index contributed by atoms with van der Waals surface area (Å²) >= 11 is 0. The zero-order chi connectivity index (χ0) is 14.2. The first-order chi connectivity index (χ1) is 8.86. The number of aromatic nitrogens is 2. The Morgan fingerprint density at radius 1 is 1.53 bits per heavy atom. The maximum atomic E-state index is 12.5. The molecule has 1 N–H and O–H groups in total. The van der Waals surface area contributed by atoms with Crippen LogP contribution in [0, 0.1) is 6.92 Å². The molecule has 1 amide bonds. The third-order valence-electron chi connectivity index (χ3n) is 3.72. The van der Waals surface area contributed by atoms with Crippen LogP contribution in [0.5, 0.6) is 0 Å². The molecule has 2 heterocycles. The molecule has 106 valence electrons. The molecule has 1 aromatic heterocycles. The molecule has 2 rings (SSSR count). The maximum Gasteiger partial charge on any atom is 0.257 e. The fraction of sp³-hybridized carbons (Fsp3) is 0.714. The van der Waals surface area contributed by atoms with Crippen molar-refractivity contribution < 1.29 is 9.90 Å². The van der Waals surface area contributed by atoms with E-state index in [1.165, 1.54) is 0 Å². The van der Waals surface area contributed by atoms with E-state index in [4.69, 9.17) is 0 Å². The highest BCUT2D eigenvalue weighted by Crippen LogP contribution is 2.23. The number of carbonyl (C=O) groups excluding carboxylic acids is 1. The summed E-state index contributed by atoms with van der Waals surface area (Å²) in [6, 6.07) is -0.0371. The molecule has 5 nitrogen and oxygen atoms in total. The van der Waals surface area contributed by atoms with Crippen LogP contribution in [-0.2, 0) is 5.54 Å². The highest BCUT2D eigenvalue weighted by atomic mass is 16.3. The number of hydrogen-bond donors (Lipinski definition) is 1. The monoisotopic (exact) mass is 265 g/mol. The van der Waals surface area contributed by atoms with Crippen molar-refractivity contribution in [2.24, 2.45) is 0 Å². The smallest absolute Gasteiger partial charge is 0.257 e. The highest BCUT2D eigenvalue weighted by molar-refractivity contribution is 5.95. The van der Waals surface area contributed by atoms with Gasteiger partial charge in [-0.3, -0.25) is 9.48 Å². The zero-order valence-electron chi connectivity index (χ0n) is 12.2. The molecule has 0 aromatic carbocycles. The average Bonchev–Trinajstić information content (AvgIpc) is 2.92. The van der Waals surface area contributed by atoms with Gasteiger partial charge in [-0.15, -0.1) is 0 Å². The van der Waals surface area contributed by atoms with E-state index in [1.54, 1.807) is 11.1 Å². The minimum Gasteiger partial charge on any atom is -0.394 e. The lowest BCUT2D eigenvalue weighted by Gasteiger charge is -2.24. The number of likely N-dealkylation sites (tertiary alicyclic amines) is 1. The van der Waals surface area contributed by atoms with Gasteiger partial charge in [0.1, 0.15) is 0 Å². The van der Waals surface area contributed by atoms with Crippen molar-refractivity contribution in [2.75, 3.05) is 13.2 Å². The molecule has 5 heteroatoms. The molecule has 1 saturated heterocycles. The molecule has 19 heavy (non-hydrogen) atoms. The highest BCUT2D eigenvalue weighted by Gasteiger charge is 2.31. The standard InChI is InChI=1S/C14H23N3O2/c1-10-12(8-15-17(10)14(2,3)4)13(19)16-7-5-6-11(16)9-18/h8,11,18H,5-7,9H2,1-4H3/t11-/m0/s1. The Bertz CT molecular complexity index is 474. The Labute approximate surface area is 114 Å². The number of aliphatic hydroxyl groups is 1. The third kappa shape index (κ3) is 2.52. The molecule has 0 aliphatic carbocycles. The van der Waals surface area contributed by atoms with Gasteiger partial charge >= 0.3 is 0 Å². The van der Waals surface area contributed by atoms with Crippen LogP contribution in [0.15, 0.2) is 6.20 Å². The van der Waals surface area contributed by atoms with Crippen LogP contribution in [0.3, 0.4) is 0 Å². The van der Waals surface area contributed by atoms with Gasteiger partial charge in [0.05, 0.1) is 29.9 Å². The van der Waals surface area contributed by atoms with Crippen molar-refractivity contribution >= 4 is 5.91 Å². The SMILES string of the molecule is Cc1c(C(=O)N2CCC[C@H]2CO)cnn1C(C)(C)C. The van der Waals surface area contributed by atoms with Gasteiger partial charge in [-0.1, -0.05) is 0 Å². The summed E-state index contributed by atoms with van der Waals surface area (Å²) in [7, 11) is 0. The van der Waals surface area contributed by atoms with Crippen molar-refractivity contribution in [1.29, 1.82) is 0 Å². The molecule has 0 spiro atoms. The summed E-state index contributed by atoms with van der Waals surface area (Å²) in [6.07, 6.45) is 3.49. The lowest BCUT2D eigenvalue weighted by molar-refractivity contribution is 0.0676. The molecule has 0 bridgehead atoms. The Kier molecular flexibility index (Phi) is 3.67. The summed E-state index contributed by atoms with van der Waals surface area (Å²) in [4.78, 5) is 14.3. The van der Waals surface area contributed by atoms with E-state index < -0.39 is 0 Å². The second-order valence-corrected chi connectivity index (χ2v) is 6.20. The van der Waals surface area contributed by atoms with Gasteiger partial charge < -0.3 is 10.0 Å². The number of nitrogens with zero attached hydrogens (tertiary/aromatic N) is 3. The molecule has 1 aliphatic heterocycles. The quantitative estimate of drug-likeness (QED) is 0.882. The molecule has 0 radical (unpaired) electrons. The van der Waals surface area contributed by atoms with Crippen LogP contribution < -0.4 is 0 Å². The van der Waals surface area contributed by atoms with Crippen molar-refractivity contribution in [3.63, 3.8) is 0 Å². The summed E-state index contributed by atoms with van der Waals surface area (Å²) in [6.45, 7) is 8.88. The molecule has 1 aromatic rings. The van der Waals surface area contributed by atoms with Crippen molar-refractivity contribution in [1.82, 2.24) is 14.7 Å². The lowest BCUT2D eigenvalue weighted by Crippen LogP contribution is -2.38. The minimum absolute atomic E-state index is 0.00968. The van der Waals surface area contributed by atoms with Gasteiger partial charge in [-0.2, -0.15) is 5.10 Å². The molecule has 0 saturated carbocycles. The zero-order valence-corrected chi connectivity index (χ0v) is 12.2. The van der Waals surface area contributed by atoms with Gasteiger partial charge in [0, 0.05) is 12.2 Å². The number of hydrogen-bond acceptors (Lipinski definition) is 3. The molecule has 1 aliphatic rings. The average molecular weight is 265 g/mol. The van der Waals surface area contributed by atoms with Gasteiger partial charge in [-0.25, -0.2) is 0 Å². The fourth-order valence-electron chi connectivity index (χ4n) is 2.74. The first-order valence-electron chi connectivity index (χ1n) is 6.83. The van der Waals surface area contributed by atoms with Crippen LogP contribution in [-0.4, -0.2) is 44.9 Å². The van der Waals surface area contributed by atoms with E-state index >= 15 is 0 Å². The first kappa shape index (κ1) is 14.1. The third-order valence-corrected chi connectivity index (χ3v) is 3.72. The number of carbonyl (C=O) groups is 1. The number of aliphatic hydroxyl groups excluding tert-OH is 1. The van der Waals surface area contributed by atoms with E-state index in [0.29, 0.717) is 5.56 Å². The molecular weight excluding hydrogens is 242 g/mol. The van der Waals surface area contributed by atoms with Gasteiger partial charge in [0.25, 0.3) is 5.91 Å². The predicted molar refractivity (Wildman–Crippen MR) is 73.1 cm³/mol. The van der Waals surface area contributed by atoms with Crippen molar-refractivity contribution in [2.45, 2.75) is 52.1 Å². The second-order valence-electron chi connectivity index (χ2n) is 6.20. The normalized spacial score (nSPS) is 20.1. The summed E-state index contributed by atoms with van der Waals surface area (Å²) in [5.41, 5.74) is 1.40. The molecule has 1 fully saturated rings. The fourth-order valence-corrected chi connectivity index (χ4v) is 2.74. The number of amides is 1. The van der Waals surface area contributed by atoms with Crippen molar-refractivity contribution in [3.05, 3.63) is 17.5 Å². The Morgan fingerprint density at radius 3 is 2.74 bits per heavy atom. The van der Waals surface area contributed by atoms with Crippen LogP contribution in [0.25, 0.3) is 0 Å². The van der Waals surface area contributed by atoms with Crippen LogP contribution >= 0.6 is 0 Å². The lowest BCUT2D eigenvalue weighted by atomic mass is 10.1. The van der Waals surface area contributed by atoms with Gasteiger partial charge in [0.2, 0.25) is 0 Å². The first-order valence-corrected chi connectivity index (χ1v) is 6.83. The van der Waals surface area contributed by atoms with E-state index in [-0.39, 0.29) is 24.1 Å².